The minimum absolute atomic E-state index is 0.00606. The van der Waals surface area contributed by atoms with Crippen LogP contribution >= 0.6 is 69.6 Å². The average molecular weight is 733 g/mol. The first-order chi connectivity index (χ1) is 20.5. The highest BCUT2D eigenvalue weighted by atomic mass is 35.5. The molecule has 0 bridgehead atoms. The van der Waals surface area contributed by atoms with E-state index in [0.717, 1.165) is 25.0 Å². The third kappa shape index (κ3) is 9.54. The molecule has 0 aliphatic heterocycles. The van der Waals surface area contributed by atoms with Gasteiger partial charge in [0.2, 0.25) is 0 Å². The number of hydrogen-bond acceptors (Lipinski definition) is 8. The first kappa shape index (κ1) is 38.2. The molecule has 242 valence electrons. The van der Waals surface area contributed by atoms with E-state index in [2.05, 4.69) is 0 Å². The first-order valence-electron chi connectivity index (χ1n) is 13.7. The van der Waals surface area contributed by atoms with E-state index in [0.29, 0.717) is 0 Å². The Bertz CT molecular complexity index is 1310. The lowest BCUT2D eigenvalue weighted by molar-refractivity contribution is -0.156. The van der Waals surface area contributed by atoms with Crippen LogP contribution in [0.15, 0.2) is 12.1 Å². The quantitative estimate of drug-likeness (QED) is 0.0919. The summed E-state index contributed by atoms with van der Waals surface area (Å²) in [5, 5.41) is -1.55. The third-order valence-corrected chi connectivity index (χ3v) is 9.54. The molecule has 0 fully saturated rings. The Morgan fingerprint density at radius 2 is 0.886 bits per heavy atom. The summed E-state index contributed by atoms with van der Waals surface area (Å²) in [6.07, 6.45) is 1.71. The van der Waals surface area contributed by atoms with E-state index in [9.17, 15) is 19.2 Å². The molecule has 2 aromatic carbocycles. The molecule has 4 unspecified atom stereocenters. The summed E-state index contributed by atoms with van der Waals surface area (Å²) in [5.74, 6) is -6.00. The summed E-state index contributed by atoms with van der Waals surface area (Å²) in [6.45, 7) is 11.8. The van der Waals surface area contributed by atoms with Crippen molar-refractivity contribution in [2.75, 3.05) is 13.2 Å². The number of halogens is 6. The molecule has 0 spiro atoms. The van der Waals surface area contributed by atoms with Crippen molar-refractivity contribution in [2.24, 2.45) is 23.7 Å². The monoisotopic (exact) mass is 730 g/mol. The number of rotatable bonds is 12. The van der Waals surface area contributed by atoms with Crippen LogP contribution in [0.25, 0.3) is 0 Å². The Morgan fingerprint density at radius 3 is 1.18 bits per heavy atom. The SMILES string of the molecule is CCC(C)C(C)COC(=O)c1c(Cl)c(Cl)cc(Cl)c1OC(=O)C(=O)Oc1c(Cl)cc(Cl)c(Cl)c1C(=O)OCC(C)C(C)CC. The maximum Gasteiger partial charge on any atom is 0.423 e. The minimum Gasteiger partial charge on any atom is -0.462 e. The zero-order valence-corrected chi connectivity index (χ0v) is 29.4. The van der Waals surface area contributed by atoms with Gasteiger partial charge in [0.1, 0.15) is 11.1 Å². The van der Waals surface area contributed by atoms with Crippen LogP contribution < -0.4 is 9.47 Å². The molecule has 0 aliphatic carbocycles. The van der Waals surface area contributed by atoms with Crippen LogP contribution in [-0.2, 0) is 19.1 Å². The van der Waals surface area contributed by atoms with E-state index in [4.69, 9.17) is 88.6 Å². The molecule has 4 atom stereocenters. The molecule has 0 saturated heterocycles. The summed E-state index contributed by atoms with van der Waals surface area (Å²) in [4.78, 5) is 51.9. The maximum absolute atomic E-state index is 13.0. The Balaban J connectivity index is 2.37. The van der Waals surface area contributed by atoms with Crippen molar-refractivity contribution in [1.82, 2.24) is 0 Å². The largest absolute Gasteiger partial charge is 0.462 e. The zero-order chi connectivity index (χ0) is 33.5. The highest BCUT2D eigenvalue weighted by Gasteiger charge is 2.32. The topological polar surface area (TPSA) is 105 Å². The van der Waals surface area contributed by atoms with Crippen LogP contribution in [0.2, 0.25) is 30.1 Å². The lowest BCUT2D eigenvalue weighted by Crippen LogP contribution is -2.28. The molecule has 0 heterocycles. The van der Waals surface area contributed by atoms with Crippen LogP contribution in [0.1, 0.15) is 75.1 Å². The highest BCUT2D eigenvalue weighted by molar-refractivity contribution is 6.47. The van der Waals surface area contributed by atoms with Crippen LogP contribution in [-0.4, -0.2) is 37.1 Å². The molecule has 0 N–H and O–H groups in total. The number of carbonyl (C=O) groups excluding carboxylic acids is 4. The van der Waals surface area contributed by atoms with Crippen LogP contribution in [0.5, 0.6) is 11.5 Å². The molecule has 0 aliphatic rings. The summed E-state index contributed by atoms with van der Waals surface area (Å²) in [6, 6.07) is 2.23. The van der Waals surface area contributed by atoms with Gasteiger partial charge in [-0.15, -0.1) is 0 Å². The normalized spacial score (nSPS) is 13.8. The van der Waals surface area contributed by atoms with Crippen molar-refractivity contribution in [2.45, 2.75) is 54.4 Å². The standard InChI is InChI=1S/C30H32Cl6O8/c1-7-13(3)15(5)11-41-27(37)21-23(35)17(31)9-19(33)25(21)43-29(39)30(40)44-26-20(34)10-18(32)24(36)22(26)28(38)42-12-16(6)14(4)8-2/h9-10,13-16H,7-8,11-12H2,1-6H3. The Kier molecular flexibility index (Phi) is 14.9. The van der Waals surface area contributed by atoms with Gasteiger partial charge in [0.25, 0.3) is 0 Å². The predicted octanol–water partition coefficient (Wildman–Crippen LogP) is 9.80. The predicted molar refractivity (Wildman–Crippen MR) is 172 cm³/mol. The second-order valence-corrected chi connectivity index (χ2v) is 12.8. The van der Waals surface area contributed by atoms with Gasteiger partial charge in [-0.25, -0.2) is 19.2 Å². The van der Waals surface area contributed by atoms with Crippen molar-refractivity contribution < 1.29 is 38.1 Å². The molecule has 2 aromatic rings. The lowest BCUT2D eigenvalue weighted by Gasteiger charge is -2.19. The third-order valence-electron chi connectivity index (χ3n) is 7.40. The van der Waals surface area contributed by atoms with Crippen molar-refractivity contribution in [3.63, 3.8) is 0 Å². The molecule has 0 radical (unpaired) electrons. The highest BCUT2D eigenvalue weighted by Crippen LogP contribution is 2.42. The van der Waals surface area contributed by atoms with E-state index in [-0.39, 0.29) is 67.0 Å². The fourth-order valence-corrected chi connectivity index (χ4v) is 5.12. The number of hydrogen-bond donors (Lipinski definition) is 0. The molecular weight excluding hydrogens is 701 g/mol. The summed E-state index contributed by atoms with van der Waals surface area (Å²) in [5.41, 5.74) is -0.956. The smallest absolute Gasteiger partial charge is 0.423 e. The van der Waals surface area contributed by atoms with Gasteiger partial charge in [0, 0.05) is 0 Å². The Morgan fingerprint density at radius 1 is 0.568 bits per heavy atom. The Labute approximate surface area is 286 Å². The first-order valence-corrected chi connectivity index (χ1v) is 15.9. The second-order valence-electron chi connectivity index (χ2n) is 10.4. The van der Waals surface area contributed by atoms with E-state index in [1.165, 1.54) is 0 Å². The molecule has 0 saturated carbocycles. The average Bonchev–Trinajstić information content (AvgIpc) is 2.98. The number of carbonyl (C=O) groups is 4. The molecule has 0 aromatic heterocycles. The summed E-state index contributed by atoms with van der Waals surface area (Å²) >= 11 is 37.2. The van der Waals surface area contributed by atoms with Gasteiger partial charge < -0.3 is 18.9 Å². The molecule has 44 heavy (non-hydrogen) atoms. The van der Waals surface area contributed by atoms with E-state index in [1.807, 2.05) is 41.5 Å². The van der Waals surface area contributed by atoms with Crippen LogP contribution in [0.3, 0.4) is 0 Å². The van der Waals surface area contributed by atoms with Crippen molar-refractivity contribution in [3.8, 4) is 11.5 Å². The number of benzene rings is 2. The minimum atomic E-state index is -1.65. The molecule has 14 heteroatoms. The number of ether oxygens (including phenoxy) is 4. The van der Waals surface area contributed by atoms with E-state index in [1.54, 1.807) is 0 Å². The van der Waals surface area contributed by atoms with Gasteiger partial charge in [0.05, 0.1) is 43.3 Å². The van der Waals surface area contributed by atoms with Gasteiger partial charge in [-0.1, -0.05) is 124 Å². The van der Waals surface area contributed by atoms with Gasteiger partial charge in [-0.3, -0.25) is 0 Å². The second kappa shape index (κ2) is 17.1. The van der Waals surface area contributed by atoms with Crippen LogP contribution in [0.4, 0.5) is 0 Å². The lowest BCUT2D eigenvalue weighted by atomic mass is 9.94. The molecule has 8 nitrogen and oxygen atoms in total. The molecule has 0 amide bonds. The van der Waals surface area contributed by atoms with Crippen molar-refractivity contribution >= 4 is 93.5 Å². The fourth-order valence-electron chi connectivity index (χ4n) is 3.68. The summed E-state index contributed by atoms with van der Waals surface area (Å²) in [7, 11) is 0. The van der Waals surface area contributed by atoms with E-state index >= 15 is 0 Å². The van der Waals surface area contributed by atoms with Crippen molar-refractivity contribution in [1.29, 1.82) is 0 Å². The zero-order valence-electron chi connectivity index (χ0n) is 24.8. The van der Waals surface area contributed by atoms with Gasteiger partial charge in [-0.05, 0) is 35.8 Å². The molecular formula is C30H32Cl6O8. The maximum atomic E-state index is 13.0. The Hall–Kier alpha value is -1.94. The van der Waals surface area contributed by atoms with Gasteiger partial charge >= 0.3 is 23.9 Å². The van der Waals surface area contributed by atoms with Gasteiger partial charge in [-0.2, -0.15) is 0 Å². The summed E-state index contributed by atoms with van der Waals surface area (Å²) < 4.78 is 21.1. The van der Waals surface area contributed by atoms with E-state index < -0.39 is 46.5 Å². The van der Waals surface area contributed by atoms with Gasteiger partial charge in [0.15, 0.2) is 11.5 Å². The van der Waals surface area contributed by atoms with Crippen LogP contribution in [0, 0.1) is 23.7 Å². The molecule has 2 rings (SSSR count). The van der Waals surface area contributed by atoms with Crippen molar-refractivity contribution in [3.05, 3.63) is 53.4 Å². The number of esters is 4. The fraction of sp³-hybridized carbons (Fsp3) is 0.467.